The number of rotatable bonds is 8. The zero-order valence-corrected chi connectivity index (χ0v) is 20.0. The number of hydrogen-bond donors (Lipinski definition) is 2. The Morgan fingerprint density at radius 2 is 1.65 bits per heavy atom. The lowest BCUT2D eigenvalue weighted by molar-refractivity contribution is -0.117. The Bertz CT molecular complexity index is 885. The van der Waals surface area contributed by atoms with Crippen LogP contribution in [0.3, 0.4) is 0 Å². The van der Waals surface area contributed by atoms with E-state index in [0.717, 1.165) is 17.7 Å². The third-order valence-corrected chi connectivity index (χ3v) is 5.15. The molecule has 5 nitrogen and oxygen atoms in total. The van der Waals surface area contributed by atoms with Gasteiger partial charge in [-0.05, 0) is 48.4 Å². The van der Waals surface area contributed by atoms with Gasteiger partial charge in [-0.1, -0.05) is 58.0 Å². The molecule has 0 fully saturated rings. The minimum Gasteiger partial charge on any atom is -0.377 e. The average molecular weight is 424 g/mol. The summed E-state index contributed by atoms with van der Waals surface area (Å²) in [4.78, 5) is 27.5. The van der Waals surface area contributed by atoms with E-state index in [1.54, 1.807) is 6.07 Å². The minimum absolute atomic E-state index is 0.0293. The van der Waals surface area contributed by atoms with Crippen molar-refractivity contribution >= 4 is 23.2 Å². The molecule has 0 saturated carbocycles. The second-order valence-corrected chi connectivity index (χ2v) is 9.85. The van der Waals surface area contributed by atoms with Crippen LogP contribution in [0.25, 0.3) is 0 Å². The third-order valence-electron chi connectivity index (χ3n) is 5.15. The van der Waals surface area contributed by atoms with Crippen LogP contribution in [0.15, 0.2) is 48.5 Å². The minimum atomic E-state index is -0.169. The van der Waals surface area contributed by atoms with E-state index >= 15 is 0 Å². The SMILES string of the molecule is C[C@H](CC(=O)Nc1ccc(N(C)C)c(C(=O)N[C@H](C)c2ccccc2)c1)CC(C)(C)C. The Balaban J connectivity index is 2.14. The lowest BCUT2D eigenvalue weighted by Crippen LogP contribution is -2.28. The summed E-state index contributed by atoms with van der Waals surface area (Å²) in [5.74, 6) is 0.0890. The molecule has 0 aliphatic rings. The number of benzene rings is 2. The van der Waals surface area contributed by atoms with Crippen LogP contribution in [0.1, 0.15) is 69.4 Å². The van der Waals surface area contributed by atoms with Gasteiger partial charge in [-0.3, -0.25) is 9.59 Å². The number of hydrogen-bond acceptors (Lipinski definition) is 3. The molecule has 0 aromatic heterocycles. The highest BCUT2D eigenvalue weighted by atomic mass is 16.2. The summed E-state index contributed by atoms with van der Waals surface area (Å²) in [6.45, 7) is 10.6. The van der Waals surface area contributed by atoms with Crippen molar-refractivity contribution in [1.29, 1.82) is 0 Å². The maximum absolute atomic E-state index is 13.1. The van der Waals surface area contributed by atoms with Crippen molar-refractivity contribution in [2.24, 2.45) is 11.3 Å². The maximum Gasteiger partial charge on any atom is 0.253 e. The fraction of sp³-hybridized carbons (Fsp3) is 0.462. The number of carbonyl (C=O) groups excluding carboxylic acids is 2. The van der Waals surface area contributed by atoms with Crippen molar-refractivity contribution in [3.8, 4) is 0 Å². The first-order valence-corrected chi connectivity index (χ1v) is 10.9. The monoisotopic (exact) mass is 423 g/mol. The molecule has 2 N–H and O–H groups in total. The predicted octanol–water partition coefficient (Wildman–Crippen LogP) is 5.64. The smallest absolute Gasteiger partial charge is 0.253 e. The molecule has 2 amide bonds. The van der Waals surface area contributed by atoms with Crippen molar-refractivity contribution < 1.29 is 9.59 Å². The van der Waals surface area contributed by atoms with Crippen molar-refractivity contribution in [1.82, 2.24) is 5.32 Å². The third kappa shape index (κ3) is 7.74. The van der Waals surface area contributed by atoms with E-state index in [-0.39, 0.29) is 29.2 Å². The van der Waals surface area contributed by atoms with Crippen molar-refractivity contribution in [3.63, 3.8) is 0 Å². The van der Waals surface area contributed by atoms with E-state index in [4.69, 9.17) is 0 Å². The lowest BCUT2D eigenvalue weighted by atomic mass is 9.84. The van der Waals surface area contributed by atoms with Gasteiger partial charge in [0, 0.05) is 31.9 Å². The molecule has 31 heavy (non-hydrogen) atoms. The molecule has 0 unspecified atom stereocenters. The first-order valence-electron chi connectivity index (χ1n) is 10.9. The molecule has 0 heterocycles. The number of carbonyl (C=O) groups is 2. The molecule has 0 saturated heterocycles. The summed E-state index contributed by atoms with van der Waals surface area (Å²) in [6, 6.07) is 15.2. The summed E-state index contributed by atoms with van der Waals surface area (Å²) >= 11 is 0. The average Bonchev–Trinajstić information content (AvgIpc) is 2.66. The lowest BCUT2D eigenvalue weighted by Gasteiger charge is -2.23. The molecule has 0 radical (unpaired) electrons. The van der Waals surface area contributed by atoms with Gasteiger partial charge in [-0.2, -0.15) is 0 Å². The quantitative estimate of drug-likeness (QED) is 0.577. The van der Waals surface area contributed by atoms with Gasteiger partial charge in [0.1, 0.15) is 0 Å². The maximum atomic E-state index is 13.1. The molecule has 0 bridgehead atoms. The number of nitrogens with zero attached hydrogens (tertiary/aromatic N) is 1. The Labute approximate surface area is 187 Å². The number of nitrogens with one attached hydrogen (secondary N) is 2. The fourth-order valence-corrected chi connectivity index (χ4v) is 3.93. The largest absolute Gasteiger partial charge is 0.377 e. The van der Waals surface area contributed by atoms with Gasteiger partial charge in [0.05, 0.1) is 11.6 Å². The van der Waals surface area contributed by atoms with Crippen molar-refractivity contribution in [2.45, 2.75) is 53.5 Å². The molecule has 2 atom stereocenters. The Kier molecular flexibility index (Phi) is 8.26. The molecule has 2 aromatic carbocycles. The normalized spacial score (nSPS) is 13.3. The van der Waals surface area contributed by atoms with Crippen LogP contribution < -0.4 is 15.5 Å². The molecule has 168 valence electrons. The van der Waals surface area contributed by atoms with Crippen LogP contribution in [-0.4, -0.2) is 25.9 Å². The zero-order chi connectivity index (χ0) is 23.2. The first-order chi connectivity index (χ1) is 14.5. The molecule has 2 aromatic rings. The number of amides is 2. The molecule has 0 aliphatic heterocycles. The Morgan fingerprint density at radius 1 is 1.00 bits per heavy atom. The summed E-state index contributed by atoms with van der Waals surface area (Å²) < 4.78 is 0. The number of anilines is 2. The summed E-state index contributed by atoms with van der Waals surface area (Å²) in [6.07, 6.45) is 1.43. The zero-order valence-electron chi connectivity index (χ0n) is 20.0. The molecular weight excluding hydrogens is 386 g/mol. The van der Waals surface area contributed by atoms with E-state index < -0.39 is 0 Å². The van der Waals surface area contributed by atoms with Crippen LogP contribution in [-0.2, 0) is 4.79 Å². The predicted molar refractivity (Wildman–Crippen MR) is 130 cm³/mol. The van der Waals surface area contributed by atoms with Gasteiger partial charge in [-0.15, -0.1) is 0 Å². The molecule has 0 spiro atoms. The van der Waals surface area contributed by atoms with Gasteiger partial charge < -0.3 is 15.5 Å². The topological polar surface area (TPSA) is 61.4 Å². The van der Waals surface area contributed by atoms with Crippen LogP contribution in [0, 0.1) is 11.3 Å². The van der Waals surface area contributed by atoms with Crippen LogP contribution in [0.5, 0.6) is 0 Å². The molecule has 5 heteroatoms. The van der Waals surface area contributed by atoms with E-state index in [0.29, 0.717) is 17.7 Å². The highest BCUT2D eigenvalue weighted by Crippen LogP contribution is 2.27. The second-order valence-electron chi connectivity index (χ2n) is 9.85. The van der Waals surface area contributed by atoms with Gasteiger partial charge in [0.2, 0.25) is 5.91 Å². The van der Waals surface area contributed by atoms with E-state index in [9.17, 15) is 9.59 Å². The van der Waals surface area contributed by atoms with Gasteiger partial charge in [0.15, 0.2) is 0 Å². The van der Waals surface area contributed by atoms with E-state index in [1.807, 2.05) is 68.4 Å². The Morgan fingerprint density at radius 3 is 2.23 bits per heavy atom. The standard InChI is InChI=1S/C26H37N3O2/c1-18(17-26(3,4)5)15-24(30)28-21-13-14-23(29(6)7)22(16-21)25(31)27-19(2)20-11-9-8-10-12-20/h8-14,16,18-19H,15,17H2,1-7H3,(H,27,31)(H,28,30)/t18-,19-/m1/s1. The van der Waals surface area contributed by atoms with Crippen molar-refractivity contribution in [3.05, 3.63) is 59.7 Å². The van der Waals surface area contributed by atoms with Crippen LogP contribution in [0.2, 0.25) is 0 Å². The first kappa shape index (κ1) is 24.4. The molecular formula is C26H37N3O2. The van der Waals surface area contributed by atoms with Gasteiger partial charge in [-0.25, -0.2) is 0 Å². The molecule has 2 rings (SSSR count). The fourth-order valence-electron chi connectivity index (χ4n) is 3.93. The highest BCUT2D eigenvalue weighted by Gasteiger charge is 2.20. The van der Waals surface area contributed by atoms with E-state index in [1.165, 1.54) is 0 Å². The summed E-state index contributed by atoms with van der Waals surface area (Å²) in [7, 11) is 3.80. The van der Waals surface area contributed by atoms with Gasteiger partial charge >= 0.3 is 0 Å². The second kappa shape index (κ2) is 10.5. The van der Waals surface area contributed by atoms with Gasteiger partial charge in [0.25, 0.3) is 5.91 Å². The summed E-state index contributed by atoms with van der Waals surface area (Å²) in [5.41, 5.74) is 3.20. The summed E-state index contributed by atoms with van der Waals surface area (Å²) in [5, 5.41) is 6.04. The Hall–Kier alpha value is -2.82. The van der Waals surface area contributed by atoms with E-state index in [2.05, 4.69) is 38.3 Å². The highest BCUT2D eigenvalue weighted by molar-refractivity contribution is 6.02. The van der Waals surface area contributed by atoms with Crippen LogP contribution >= 0.6 is 0 Å². The molecule has 0 aliphatic carbocycles. The van der Waals surface area contributed by atoms with Crippen molar-refractivity contribution in [2.75, 3.05) is 24.3 Å². The van der Waals surface area contributed by atoms with Crippen LogP contribution in [0.4, 0.5) is 11.4 Å².